The number of fused-ring (bicyclic) bond motifs is 6. The lowest BCUT2D eigenvalue weighted by atomic mass is 9.52. The molecule has 3 aliphatic carbocycles. The molecule has 266 valence electrons. The fourth-order valence-electron chi connectivity index (χ4n) is 9.96. The van der Waals surface area contributed by atoms with Crippen LogP contribution in [0.4, 0.5) is 0 Å². The molecule has 12 nitrogen and oxygen atoms in total. The van der Waals surface area contributed by atoms with Gasteiger partial charge < -0.3 is 34.7 Å². The van der Waals surface area contributed by atoms with Crippen LogP contribution in [0.2, 0.25) is 0 Å². The van der Waals surface area contributed by atoms with Crippen molar-refractivity contribution in [1.29, 1.82) is 0 Å². The fourth-order valence-corrected chi connectivity index (χ4v) is 9.96. The third-order valence-corrected chi connectivity index (χ3v) is 12.7. The molecule has 10 atom stereocenters. The van der Waals surface area contributed by atoms with Gasteiger partial charge in [-0.3, -0.25) is 19.2 Å². The largest absolute Gasteiger partial charge is 0.458 e. The number of esters is 1. The predicted octanol–water partition coefficient (Wildman–Crippen LogP) is 2.62. The van der Waals surface area contributed by atoms with Crippen LogP contribution in [0.5, 0.6) is 0 Å². The lowest BCUT2D eigenvalue weighted by molar-refractivity contribution is -0.201. The van der Waals surface area contributed by atoms with Crippen LogP contribution in [0.25, 0.3) is 6.08 Å². The average molecular weight is 680 g/mol. The number of hydrogen-bond donors (Lipinski definition) is 3. The third-order valence-electron chi connectivity index (χ3n) is 12.7. The van der Waals surface area contributed by atoms with Crippen LogP contribution in [0.3, 0.4) is 0 Å². The third kappa shape index (κ3) is 5.63. The number of allylic oxidation sites excluding steroid dienone is 1. The zero-order valence-corrected chi connectivity index (χ0v) is 28.7. The van der Waals surface area contributed by atoms with Crippen molar-refractivity contribution in [2.45, 2.75) is 114 Å². The second-order valence-electron chi connectivity index (χ2n) is 16.0. The number of aliphatic hydroxyl groups is 1. The van der Waals surface area contributed by atoms with Gasteiger partial charge in [0.1, 0.15) is 36.6 Å². The summed E-state index contributed by atoms with van der Waals surface area (Å²) in [5.74, 6) is -0.0334. The van der Waals surface area contributed by atoms with E-state index >= 15 is 0 Å². The summed E-state index contributed by atoms with van der Waals surface area (Å²) < 4.78 is 24.0. The quantitative estimate of drug-likeness (QED) is 0.263. The maximum absolute atomic E-state index is 14.2. The number of hydroxylamine groups is 2. The Kier molecular flexibility index (Phi) is 8.43. The molecule has 1 unspecified atom stereocenters. The van der Waals surface area contributed by atoms with Crippen molar-refractivity contribution in [1.82, 2.24) is 15.7 Å². The smallest absolute Gasteiger partial charge is 0.327 e. The van der Waals surface area contributed by atoms with Gasteiger partial charge in [0.2, 0.25) is 11.8 Å². The van der Waals surface area contributed by atoms with Gasteiger partial charge in [0, 0.05) is 25.9 Å². The van der Waals surface area contributed by atoms with Crippen molar-refractivity contribution in [2.24, 2.45) is 22.7 Å². The van der Waals surface area contributed by atoms with Crippen LogP contribution in [0.1, 0.15) is 76.8 Å². The lowest BCUT2D eigenvalue weighted by Gasteiger charge is -2.53. The summed E-state index contributed by atoms with van der Waals surface area (Å²) in [4.78, 5) is 46.8. The number of epoxide rings is 1. The van der Waals surface area contributed by atoms with E-state index in [0.29, 0.717) is 23.4 Å². The molecule has 49 heavy (non-hydrogen) atoms. The Labute approximate surface area is 287 Å². The zero-order valence-electron chi connectivity index (χ0n) is 28.7. The molecule has 4 saturated heterocycles. The van der Waals surface area contributed by atoms with Gasteiger partial charge >= 0.3 is 5.97 Å². The highest BCUT2D eigenvalue weighted by Gasteiger charge is 2.74. The SMILES string of the molecule is CC1(C)C[C@@H]2C(=Cc3ccccc3CN3O[C@@H]4[C@H]5OCO[C@H]5[C@@H]5C[C@]4(C(=O)NCCC(=O)NCCO)[C@@H]3C(=O)O5)CCC3O[C@]3(C)CC[C@H]21. The van der Waals surface area contributed by atoms with Gasteiger partial charge in [0.05, 0.1) is 24.9 Å². The topological polar surface area (TPSA) is 148 Å². The number of hydrogen-bond acceptors (Lipinski definition) is 10. The Morgan fingerprint density at radius 1 is 1.06 bits per heavy atom. The van der Waals surface area contributed by atoms with E-state index in [1.165, 1.54) is 18.4 Å². The summed E-state index contributed by atoms with van der Waals surface area (Å²) in [5.41, 5.74) is 2.56. The number of nitrogens with one attached hydrogen (secondary N) is 2. The molecule has 3 N–H and O–H groups in total. The maximum atomic E-state index is 14.2. The average Bonchev–Trinajstić information content (AvgIpc) is 3.37. The Morgan fingerprint density at radius 2 is 1.88 bits per heavy atom. The standard InChI is InChI=1S/C37H49N3O9/c1-35(2)17-24-22(8-9-27-36(3,48-27)12-10-25(24)35)16-21-6-4-5-7-23(21)19-40-31-33(43)47-26-18-37(31,32(49-40)30-29(26)45-20-46-30)34(44)39-13-11-28(42)38-14-15-41/h4-7,16,24-27,29-32,41H,8-15,17-20H2,1-3H3,(H,38,42)(H,39,44)/t24-,25-,26+,27?,29+,30+,31+,32-,36-,37+/m1/s1. The lowest BCUT2D eigenvalue weighted by Crippen LogP contribution is -2.69. The van der Waals surface area contributed by atoms with Crippen molar-refractivity contribution in [2.75, 3.05) is 26.5 Å². The van der Waals surface area contributed by atoms with E-state index in [0.717, 1.165) is 30.4 Å². The molecule has 0 spiro atoms. The van der Waals surface area contributed by atoms with Crippen molar-refractivity contribution in [3.63, 3.8) is 0 Å². The second kappa shape index (κ2) is 12.4. The predicted molar refractivity (Wildman–Crippen MR) is 175 cm³/mol. The summed E-state index contributed by atoms with van der Waals surface area (Å²) in [6.07, 6.45) is 5.86. The molecule has 0 aromatic heterocycles. The number of carbonyl (C=O) groups excluding carboxylic acids is 3. The molecule has 7 aliphatic rings. The molecule has 4 heterocycles. The van der Waals surface area contributed by atoms with E-state index in [-0.39, 0.29) is 63.3 Å². The van der Waals surface area contributed by atoms with Gasteiger partial charge in [0.15, 0.2) is 6.04 Å². The molecule has 8 rings (SSSR count). The maximum Gasteiger partial charge on any atom is 0.327 e. The van der Waals surface area contributed by atoms with Crippen LogP contribution in [0.15, 0.2) is 29.8 Å². The molecular formula is C37H49N3O9. The summed E-state index contributed by atoms with van der Waals surface area (Å²) in [7, 11) is 0. The molecule has 1 aromatic carbocycles. The van der Waals surface area contributed by atoms with Gasteiger partial charge in [-0.05, 0) is 67.4 Å². The van der Waals surface area contributed by atoms with Crippen LogP contribution < -0.4 is 10.6 Å². The van der Waals surface area contributed by atoms with E-state index < -0.39 is 41.8 Å². The molecule has 7 fully saturated rings. The van der Waals surface area contributed by atoms with Crippen molar-refractivity contribution >= 4 is 23.9 Å². The second-order valence-corrected chi connectivity index (χ2v) is 16.0. The monoisotopic (exact) mass is 679 g/mol. The van der Waals surface area contributed by atoms with Crippen LogP contribution in [0, 0.1) is 22.7 Å². The molecule has 12 heteroatoms. The number of nitrogens with zero attached hydrogens (tertiary/aromatic N) is 1. The highest BCUT2D eigenvalue weighted by atomic mass is 16.8. The minimum Gasteiger partial charge on any atom is -0.458 e. The van der Waals surface area contributed by atoms with Crippen LogP contribution >= 0.6 is 0 Å². The number of rotatable bonds is 9. The van der Waals surface area contributed by atoms with Crippen LogP contribution in [-0.2, 0) is 44.7 Å². The van der Waals surface area contributed by atoms with E-state index in [1.807, 2.05) is 12.1 Å². The number of benzene rings is 1. The number of amides is 2. The molecular weight excluding hydrogens is 630 g/mol. The molecule has 3 saturated carbocycles. The van der Waals surface area contributed by atoms with E-state index in [4.69, 9.17) is 28.9 Å². The first-order valence-corrected chi connectivity index (χ1v) is 18.0. The van der Waals surface area contributed by atoms with Gasteiger partial charge in [-0.2, -0.15) is 5.06 Å². The molecule has 0 radical (unpaired) electrons. The van der Waals surface area contributed by atoms with Crippen molar-refractivity contribution < 1.29 is 43.3 Å². The van der Waals surface area contributed by atoms with E-state index in [1.54, 1.807) is 5.06 Å². The zero-order chi connectivity index (χ0) is 34.1. The van der Waals surface area contributed by atoms with Crippen LogP contribution in [-0.4, -0.2) is 96.6 Å². The van der Waals surface area contributed by atoms with E-state index in [2.05, 4.69) is 49.6 Å². The van der Waals surface area contributed by atoms with Gasteiger partial charge in [-0.15, -0.1) is 0 Å². The molecule has 1 aromatic rings. The first-order valence-electron chi connectivity index (χ1n) is 18.0. The highest BCUT2D eigenvalue weighted by Crippen LogP contribution is 2.60. The van der Waals surface area contributed by atoms with E-state index in [9.17, 15) is 14.4 Å². The molecule has 2 bridgehead atoms. The van der Waals surface area contributed by atoms with Gasteiger partial charge in [0.25, 0.3) is 0 Å². The number of ether oxygens (including phenoxy) is 4. The Hall–Kier alpha value is -2.87. The van der Waals surface area contributed by atoms with Gasteiger partial charge in [-0.25, -0.2) is 0 Å². The molecule has 2 amide bonds. The van der Waals surface area contributed by atoms with Crippen molar-refractivity contribution in [3.05, 3.63) is 41.0 Å². The van der Waals surface area contributed by atoms with Crippen molar-refractivity contribution in [3.8, 4) is 0 Å². The molecule has 4 aliphatic heterocycles. The number of carbonyl (C=O) groups is 3. The number of aliphatic hydroxyl groups excluding tert-OH is 1. The summed E-state index contributed by atoms with van der Waals surface area (Å²) in [6, 6.07) is 7.21. The minimum absolute atomic E-state index is 0.0166. The summed E-state index contributed by atoms with van der Waals surface area (Å²) in [6.45, 7) is 7.39. The van der Waals surface area contributed by atoms with Gasteiger partial charge in [-0.1, -0.05) is 49.8 Å². The normalized spacial score (nSPS) is 40.8. The summed E-state index contributed by atoms with van der Waals surface area (Å²) in [5, 5.41) is 16.1. The Morgan fingerprint density at radius 3 is 2.69 bits per heavy atom. The minimum atomic E-state index is -1.29. The Balaban J connectivity index is 1.07. The highest BCUT2D eigenvalue weighted by molar-refractivity contribution is 5.94. The Bertz CT molecular complexity index is 1530. The fraction of sp³-hybridized carbons (Fsp3) is 0.703. The first kappa shape index (κ1) is 33.3. The first-order chi connectivity index (χ1) is 23.5. The summed E-state index contributed by atoms with van der Waals surface area (Å²) >= 11 is 0.